The Kier molecular flexibility index (Phi) is 4.80. The van der Waals surface area contributed by atoms with Crippen molar-refractivity contribution in [1.29, 1.82) is 0 Å². The lowest BCUT2D eigenvalue weighted by molar-refractivity contribution is -0.145. The minimum Gasteiger partial charge on any atom is -0.390 e. The van der Waals surface area contributed by atoms with Crippen LogP contribution in [0.3, 0.4) is 0 Å². The predicted molar refractivity (Wildman–Crippen MR) is 120 cm³/mol. The molecule has 1 saturated carbocycles. The molecule has 2 heteroatoms. The van der Waals surface area contributed by atoms with Crippen molar-refractivity contribution in [3.63, 3.8) is 0 Å². The molecule has 2 aliphatic rings. The molecule has 0 aliphatic heterocycles. The average Bonchev–Trinajstić information content (AvgIpc) is 2.76. The first-order chi connectivity index (χ1) is 14.5. The van der Waals surface area contributed by atoms with E-state index in [9.17, 15) is 10.2 Å². The minimum atomic E-state index is -1.19. The number of fused-ring (bicyclic) bond motifs is 3. The summed E-state index contributed by atoms with van der Waals surface area (Å²) in [5.41, 5.74) is 4.88. The van der Waals surface area contributed by atoms with Crippen LogP contribution in [0.15, 0.2) is 78.9 Å². The minimum absolute atomic E-state index is 0.150. The molecule has 0 radical (unpaired) electrons. The summed E-state index contributed by atoms with van der Waals surface area (Å²) in [7, 11) is 0. The number of hydrogen-bond acceptors (Lipinski definition) is 2. The van der Waals surface area contributed by atoms with Gasteiger partial charge >= 0.3 is 0 Å². The van der Waals surface area contributed by atoms with Crippen molar-refractivity contribution < 1.29 is 10.2 Å². The summed E-state index contributed by atoms with van der Waals surface area (Å²) in [4.78, 5) is 0. The third-order valence-electron chi connectivity index (χ3n) is 7.64. The largest absolute Gasteiger partial charge is 0.390 e. The number of aryl methyl sites for hydroxylation is 2. The molecule has 154 valence electrons. The molecule has 2 aliphatic carbocycles. The molecule has 2 nitrogen and oxygen atoms in total. The zero-order valence-electron chi connectivity index (χ0n) is 17.6. The van der Waals surface area contributed by atoms with Gasteiger partial charge in [-0.25, -0.2) is 0 Å². The van der Waals surface area contributed by atoms with Gasteiger partial charge in [-0.15, -0.1) is 0 Å². The maximum Gasteiger partial charge on any atom is 0.116 e. The third kappa shape index (κ3) is 3.10. The van der Waals surface area contributed by atoms with Crippen molar-refractivity contribution in [1.82, 2.24) is 0 Å². The van der Waals surface area contributed by atoms with Crippen molar-refractivity contribution in [2.45, 2.75) is 56.1 Å². The molecule has 0 amide bonds. The highest BCUT2D eigenvalue weighted by Gasteiger charge is 2.56. The SMILES string of the molecule is Cc1ccc2c(c1)CC[C@@H]1C[C@@](O)(c3ccccc3)[C@@H](O)C[C@@]21Cc1ccccc1. The van der Waals surface area contributed by atoms with Crippen LogP contribution in [0.25, 0.3) is 0 Å². The summed E-state index contributed by atoms with van der Waals surface area (Å²) >= 11 is 0. The molecule has 0 aromatic heterocycles. The second kappa shape index (κ2) is 7.37. The lowest BCUT2D eigenvalue weighted by Crippen LogP contribution is -2.57. The molecule has 0 heterocycles. The zero-order valence-corrected chi connectivity index (χ0v) is 17.6. The molecule has 30 heavy (non-hydrogen) atoms. The van der Waals surface area contributed by atoms with E-state index in [1.54, 1.807) is 0 Å². The van der Waals surface area contributed by atoms with Crippen LogP contribution in [0.1, 0.15) is 47.1 Å². The standard InChI is InChI=1S/C28H30O2/c1-20-12-15-25-22(16-20)13-14-24-18-28(30,23-10-6-3-7-11-23)26(29)19-27(24,25)17-21-8-4-2-5-9-21/h2-12,15-16,24,26,29-30H,13-14,17-19H2,1H3/t24-,26+,27-,28-/m1/s1. The smallest absolute Gasteiger partial charge is 0.116 e. The maximum atomic E-state index is 11.7. The fraction of sp³-hybridized carbons (Fsp3) is 0.357. The van der Waals surface area contributed by atoms with Crippen molar-refractivity contribution in [3.05, 3.63) is 107 Å². The molecule has 3 aromatic rings. The number of aliphatic hydroxyl groups excluding tert-OH is 1. The second-order valence-electron chi connectivity index (χ2n) is 9.43. The molecule has 0 unspecified atom stereocenters. The van der Waals surface area contributed by atoms with Crippen LogP contribution in [0.4, 0.5) is 0 Å². The van der Waals surface area contributed by atoms with Crippen LogP contribution in [0, 0.1) is 12.8 Å². The van der Waals surface area contributed by atoms with Crippen LogP contribution in [0.5, 0.6) is 0 Å². The van der Waals surface area contributed by atoms with Crippen molar-refractivity contribution in [2.24, 2.45) is 5.92 Å². The first-order valence-electron chi connectivity index (χ1n) is 11.1. The molecule has 0 bridgehead atoms. The van der Waals surface area contributed by atoms with Crippen molar-refractivity contribution in [2.75, 3.05) is 0 Å². The Hall–Kier alpha value is -2.42. The van der Waals surface area contributed by atoms with Gasteiger partial charge in [-0.3, -0.25) is 0 Å². The normalized spacial score (nSPS) is 30.4. The highest BCUT2D eigenvalue weighted by Crippen LogP contribution is 2.56. The first kappa shape index (κ1) is 19.5. The van der Waals surface area contributed by atoms with Gasteiger partial charge in [0.25, 0.3) is 0 Å². The lowest BCUT2D eigenvalue weighted by Gasteiger charge is -2.55. The molecule has 2 N–H and O–H groups in total. The van der Waals surface area contributed by atoms with Crippen LogP contribution in [-0.2, 0) is 23.9 Å². The van der Waals surface area contributed by atoms with Gasteiger partial charge in [0.2, 0.25) is 0 Å². The molecule has 0 saturated heterocycles. The van der Waals surface area contributed by atoms with Crippen LogP contribution in [0.2, 0.25) is 0 Å². The molecule has 1 fully saturated rings. The van der Waals surface area contributed by atoms with Gasteiger partial charge < -0.3 is 10.2 Å². The van der Waals surface area contributed by atoms with Gasteiger partial charge in [0.1, 0.15) is 5.60 Å². The number of aliphatic hydroxyl groups is 2. The average molecular weight is 399 g/mol. The van der Waals surface area contributed by atoms with Gasteiger partial charge in [-0.2, -0.15) is 0 Å². The number of benzene rings is 3. The monoisotopic (exact) mass is 398 g/mol. The van der Waals surface area contributed by atoms with E-state index >= 15 is 0 Å². The van der Waals surface area contributed by atoms with Crippen LogP contribution < -0.4 is 0 Å². The highest BCUT2D eigenvalue weighted by atomic mass is 16.3. The summed E-state index contributed by atoms with van der Waals surface area (Å²) in [6, 6.07) is 27.2. The quantitative estimate of drug-likeness (QED) is 0.646. The number of hydrogen-bond donors (Lipinski definition) is 2. The van der Waals surface area contributed by atoms with E-state index in [4.69, 9.17) is 0 Å². The summed E-state index contributed by atoms with van der Waals surface area (Å²) < 4.78 is 0. The summed E-state index contributed by atoms with van der Waals surface area (Å²) in [5.74, 6) is 0.321. The Bertz CT molecular complexity index is 1030. The van der Waals surface area contributed by atoms with E-state index in [0.717, 1.165) is 24.8 Å². The van der Waals surface area contributed by atoms with E-state index < -0.39 is 11.7 Å². The fourth-order valence-corrected chi connectivity index (χ4v) is 6.15. The number of rotatable bonds is 3. The van der Waals surface area contributed by atoms with E-state index in [0.29, 0.717) is 18.8 Å². The molecule has 0 spiro atoms. The molecular formula is C28H30O2. The molecular weight excluding hydrogens is 368 g/mol. The van der Waals surface area contributed by atoms with Gasteiger partial charge in [0.15, 0.2) is 0 Å². The van der Waals surface area contributed by atoms with Gasteiger partial charge in [0.05, 0.1) is 6.10 Å². The van der Waals surface area contributed by atoms with E-state index in [1.807, 2.05) is 30.3 Å². The molecule has 5 rings (SSSR count). The Morgan fingerprint density at radius 3 is 2.33 bits per heavy atom. The topological polar surface area (TPSA) is 40.5 Å². The molecule has 4 atom stereocenters. The Morgan fingerprint density at radius 1 is 0.900 bits per heavy atom. The predicted octanol–water partition coefficient (Wildman–Crippen LogP) is 5.08. The molecule has 3 aromatic carbocycles. The van der Waals surface area contributed by atoms with E-state index in [2.05, 4.69) is 55.5 Å². The Balaban J connectivity index is 1.62. The highest BCUT2D eigenvalue weighted by molar-refractivity contribution is 5.44. The fourth-order valence-electron chi connectivity index (χ4n) is 6.15. The van der Waals surface area contributed by atoms with Gasteiger partial charge in [-0.1, -0.05) is 84.4 Å². The van der Waals surface area contributed by atoms with Crippen molar-refractivity contribution >= 4 is 0 Å². The van der Waals surface area contributed by atoms with Crippen LogP contribution >= 0.6 is 0 Å². The van der Waals surface area contributed by atoms with Gasteiger partial charge in [-0.05, 0) is 67.2 Å². The van der Waals surface area contributed by atoms with Crippen molar-refractivity contribution in [3.8, 4) is 0 Å². The summed E-state index contributed by atoms with van der Waals surface area (Å²) in [5, 5.41) is 23.1. The van der Waals surface area contributed by atoms with Gasteiger partial charge in [0, 0.05) is 5.41 Å². The Labute approximate surface area is 179 Å². The van der Waals surface area contributed by atoms with Crippen LogP contribution in [-0.4, -0.2) is 16.3 Å². The zero-order chi connectivity index (χ0) is 20.8. The second-order valence-corrected chi connectivity index (χ2v) is 9.43. The summed E-state index contributed by atoms with van der Waals surface area (Å²) in [6.45, 7) is 2.15. The lowest BCUT2D eigenvalue weighted by atomic mass is 9.51. The van der Waals surface area contributed by atoms with E-state index in [-0.39, 0.29) is 5.41 Å². The van der Waals surface area contributed by atoms with E-state index in [1.165, 1.54) is 22.3 Å². The maximum absolute atomic E-state index is 11.7. The summed E-state index contributed by atoms with van der Waals surface area (Å²) in [6.07, 6.45) is 3.36. The first-order valence-corrected chi connectivity index (χ1v) is 11.1. The Morgan fingerprint density at radius 2 is 1.60 bits per heavy atom. The third-order valence-corrected chi connectivity index (χ3v) is 7.64.